The summed E-state index contributed by atoms with van der Waals surface area (Å²) in [6.45, 7) is 0.0475. The Morgan fingerprint density at radius 1 is 1.07 bits per heavy atom. The van der Waals surface area contributed by atoms with Gasteiger partial charge in [0.1, 0.15) is 12.4 Å². The van der Waals surface area contributed by atoms with E-state index in [1.807, 2.05) is 25.4 Å². The number of hydrogen-bond acceptors (Lipinski definition) is 7. The Hall–Kier alpha value is -3.26. The number of anilines is 2. The Morgan fingerprint density at radius 3 is 2.46 bits per heavy atom. The molecule has 2 aromatic heterocycles. The van der Waals surface area contributed by atoms with Crippen molar-refractivity contribution in [1.29, 1.82) is 0 Å². The lowest BCUT2D eigenvalue weighted by atomic mass is 10.0. The minimum Gasteiger partial charge on any atom is -0.497 e. The van der Waals surface area contributed by atoms with Gasteiger partial charge in [-0.25, -0.2) is 9.97 Å². The van der Waals surface area contributed by atoms with E-state index in [0.29, 0.717) is 17.3 Å². The first-order valence-corrected chi connectivity index (χ1v) is 8.84. The summed E-state index contributed by atoms with van der Waals surface area (Å²) in [6.07, 6.45) is 8.64. The van der Waals surface area contributed by atoms with E-state index in [9.17, 15) is 4.79 Å². The maximum Gasteiger partial charge on any atom is 0.227 e. The molecule has 146 valence electrons. The van der Waals surface area contributed by atoms with Crippen molar-refractivity contribution >= 4 is 17.4 Å². The molecular weight excluding hydrogens is 358 g/mol. The highest BCUT2D eigenvalue weighted by molar-refractivity contribution is 5.97. The summed E-state index contributed by atoms with van der Waals surface area (Å²) in [5, 5.41) is 7.20. The summed E-state index contributed by atoms with van der Waals surface area (Å²) in [5.41, 5.74) is 3.43. The van der Waals surface area contributed by atoms with Gasteiger partial charge in [0.05, 0.1) is 19.0 Å². The molecule has 1 N–H and O–H groups in total. The molecule has 0 saturated carbocycles. The number of aryl methyl sites for hydroxylation is 3. The van der Waals surface area contributed by atoms with Crippen LogP contribution in [0.2, 0.25) is 0 Å². The first-order chi connectivity index (χ1) is 13.6. The third kappa shape index (κ3) is 5.14. The third-order valence-corrected chi connectivity index (χ3v) is 4.17. The third-order valence-electron chi connectivity index (χ3n) is 4.17. The molecule has 0 amide bonds. The van der Waals surface area contributed by atoms with Gasteiger partial charge in [-0.3, -0.25) is 9.48 Å². The Labute approximate surface area is 163 Å². The first-order valence-electron chi connectivity index (χ1n) is 8.84. The molecule has 0 atom stereocenters. The number of nitrogens with zero attached hydrogens (tertiary/aromatic N) is 4. The Balaban J connectivity index is 1.64. The lowest BCUT2D eigenvalue weighted by molar-refractivity contribution is 0.0847. The maximum absolute atomic E-state index is 12.1. The molecule has 8 nitrogen and oxygen atoms in total. The molecule has 3 rings (SSSR count). The molecule has 3 aromatic rings. The number of rotatable bonds is 9. The molecule has 0 saturated heterocycles. The summed E-state index contributed by atoms with van der Waals surface area (Å²) in [4.78, 5) is 20.8. The largest absolute Gasteiger partial charge is 0.497 e. The topological polar surface area (TPSA) is 91.2 Å². The fraction of sp³-hybridized carbons (Fsp3) is 0.300. The number of benzene rings is 1. The van der Waals surface area contributed by atoms with Gasteiger partial charge in [-0.1, -0.05) is 0 Å². The quantitative estimate of drug-likeness (QED) is 0.570. The normalized spacial score (nSPS) is 10.7. The van der Waals surface area contributed by atoms with Crippen molar-refractivity contribution < 1.29 is 14.3 Å². The zero-order valence-corrected chi connectivity index (χ0v) is 16.2. The second kappa shape index (κ2) is 9.09. The van der Waals surface area contributed by atoms with Crippen LogP contribution in [0.15, 0.2) is 43.0 Å². The number of methoxy groups -OCH3 is 2. The molecule has 0 spiro atoms. The van der Waals surface area contributed by atoms with Crippen molar-refractivity contribution in [1.82, 2.24) is 19.7 Å². The number of ether oxygens (including phenoxy) is 2. The molecule has 0 aliphatic carbocycles. The minimum atomic E-state index is -0.0724. The minimum absolute atomic E-state index is 0.0475. The molecule has 28 heavy (non-hydrogen) atoms. The molecule has 0 aliphatic heterocycles. The van der Waals surface area contributed by atoms with Crippen molar-refractivity contribution in [2.75, 3.05) is 26.1 Å². The highest BCUT2D eigenvalue weighted by Gasteiger charge is 2.10. The Morgan fingerprint density at radius 2 is 1.82 bits per heavy atom. The van der Waals surface area contributed by atoms with E-state index in [1.165, 1.54) is 7.11 Å². The molecule has 0 radical (unpaired) electrons. The van der Waals surface area contributed by atoms with E-state index in [0.717, 1.165) is 29.7 Å². The van der Waals surface area contributed by atoms with Gasteiger partial charge in [0.2, 0.25) is 5.95 Å². The van der Waals surface area contributed by atoms with Crippen LogP contribution < -0.4 is 10.1 Å². The lowest BCUT2D eigenvalue weighted by Crippen LogP contribution is -2.08. The van der Waals surface area contributed by atoms with E-state index in [1.54, 1.807) is 36.4 Å². The standard InChI is InChI=1S/C20H23N5O3/c1-25-12-17(11-23-25)24-20-21-9-15(10-22-20)5-4-14-6-16(19(26)13-27-2)8-18(7-14)28-3/h6-12H,4-5,13H2,1-3H3,(H,21,22,24). The zero-order valence-electron chi connectivity index (χ0n) is 16.2. The van der Waals surface area contributed by atoms with Crippen LogP contribution in [0, 0.1) is 0 Å². The maximum atomic E-state index is 12.1. The van der Waals surface area contributed by atoms with Crippen molar-refractivity contribution in [2.45, 2.75) is 12.8 Å². The SMILES string of the molecule is COCC(=O)c1cc(CCc2cnc(Nc3cnn(C)c3)nc2)cc(OC)c1. The zero-order chi connectivity index (χ0) is 19.9. The van der Waals surface area contributed by atoms with Crippen molar-refractivity contribution in [3.8, 4) is 5.75 Å². The number of ketones is 1. The van der Waals surface area contributed by atoms with E-state index < -0.39 is 0 Å². The molecule has 2 heterocycles. The van der Waals surface area contributed by atoms with Gasteiger partial charge >= 0.3 is 0 Å². The number of Topliss-reactive ketones (excluding diaryl/α,β-unsaturated/α-hetero) is 1. The molecule has 0 unspecified atom stereocenters. The van der Waals surface area contributed by atoms with Crippen LogP contribution in [-0.4, -0.2) is 46.4 Å². The van der Waals surface area contributed by atoms with Gasteiger partial charge in [0.25, 0.3) is 0 Å². The van der Waals surface area contributed by atoms with Crippen LogP contribution in [-0.2, 0) is 24.6 Å². The molecule has 0 bridgehead atoms. The van der Waals surface area contributed by atoms with Gasteiger partial charge < -0.3 is 14.8 Å². The van der Waals surface area contributed by atoms with Crippen molar-refractivity contribution in [2.24, 2.45) is 7.05 Å². The summed E-state index contributed by atoms with van der Waals surface area (Å²) in [5.74, 6) is 1.10. The Bertz CT molecular complexity index is 937. The van der Waals surface area contributed by atoms with E-state index >= 15 is 0 Å². The number of hydrogen-bond donors (Lipinski definition) is 1. The Kier molecular flexibility index (Phi) is 6.33. The monoisotopic (exact) mass is 381 g/mol. The first kappa shape index (κ1) is 19.5. The fourth-order valence-electron chi connectivity index (χ4n) is 2.75. The van der Waals surface area contributed by atoms with Gasteiger partial charge in [-0.05, 0) is 42.2 Å². The molecule has 0 aliphatic rings. The van der Waals surface area contributed by atoms with E-state index in [4.69, 9.17) is 9.47 Å². The van der Waals surface area contributed by atoms with Crippen molar-refractivity contribution in [3.05, 3.63) is 59.7 Å². The number of carbonyl (C=O) groups excluding carboxylic acids is 1. The number of carbonyl (C=O) groups is 1. The summed E-state index contributed by atoms with van der Waals surface area (Å²) in [7, 11) is 4.94. The number of aromatic nitrogens is 4. The lowest BCUT2D eigenvalue weighted by Gasteiger charge is -2.09. The van der Waals surface area contributed by atoms with Gasteiger partial charge in [0, 0.05) is 38.3 Å². The molecule has 0 fully saturated rings. The van der Waals surface area contributed by atoms with Crippen molar-refractivity contribution in [3.63, 3.8) is 0 Å². The molecular formula is C20H23N5O3. The smallest absolute Gasteiger partial charge is 0.227 e. The van der Waals surface area contributed by atoms with E-state index in [2.05, 4.69) is 20.4 Å². The number of nitrogens with one attached hydrogen (secondary N) is 1. The summed E-state index contributed by atoms with van der Waals surface area (Å²) >= 11 is 0. The average Bonchev–Trinajstić information content (AvgIpc) is 3.12. The van der Waals surface area contributed by atoms with Crippen LogP contribution in [0.1, 0.15) is 21.5 Å². The van der Waals surface area contributed by atoms with Crippen LogP contribution >= 0.6 is 0 Å². The predicted octanol–water partition coefficient (Wildman–Crippen LogP) is 2.58. The van der Waals surface area contributed by atoms with Gasteiger partial charge in [-0.15, -0.1) is 0 Å². The van der Waals surface area contributed by atoms with Crippen LogP contribution in [0.25, 0.3) is 0 Å². The fourth-order valence-corrected chi connectivity index (χ4v) is 2.75. The highest BCUT2D eigenvalue weighted by Crippen LogP contribution is 2.19. The summed E-state index contributed by atoms with van der Waals surface area (Å²) in [6, 6.07) is 5.54. The predicted molar refractivity (Wildman–Crippen MR) is 105 cm³/mol. The van der Waals surface area contributed by atoms with Crippen LogP contribution in [0.4, 0.5) is 11.6 Å². The molecule has 1 aromatic carbocycles. The van der Waals surface area contributed by atoms with Crippen LogP contribution in [0.3, 0.4) is 0 Å². The van der Waals surface area contributed by atoms with Crippen LogP contribution in [0.5, 0.6) is 5.75 Å². The summed E-state index contributed by atoms with van der Waals surface area (Å²) < 4.78 is 12.0. The average molecular weight is 381 g/mol. The molecule has 8 heteroatoms. The second-order valence-electron chi connectivity index (χ2n) is 6.37. The van der Waals surface area contributed by atoms with E-state index in [-0.39, 0.29) is 12.4 Å². The highest BCUT2D eigenvalue weighted by atomic mass is 16.5. The van der Waals surface area contributed by atoms with Gasteiger partial charge in [-0.2, -0.15) is 5.10 Å². The second-order valence-corrected chi connectivity index (χ2v) is 6.37. The van der Waals surface area contributed by atoms with Gasteiger partial charge in [0.15, 0.2) is 5.78 Å².